The van der Waals surface area contributed by atoms with Crippen molar-refractivity contribution in [1.82, 2.24) is 3.59 Å². The van der Waals surface area contributed by atoms with E-state index in [4.69, 9.17) is 11.6 Å². The number of halogens is 2. The first kappa shape index (κ1) is 7.19. The van der Waals surface area contributed by atoms with Crippen molar-refractivity contribution in [3.8, 4) is 0 Å². The van der Waals surface area contributed by atoms with Gasteiger partial charge in [-0.25, -0.2) is 0 Å². The van der Waals surface area contributed by atoms with Crippen LogP contribution in [0.25, 0.3) is 10.9 Å². The van der Waals surface area contributed by atoms with Crippen LogP contribution in [0.1, 0.15) is 0 Å². The van der Waals surface area contributed by atoms with Crippen LogP contribution in [-0.2, 0) is 0 Å². The molecule has 3 heteroatoms. The van der Waals surface area contributed by atoms with Gasteiger partial charge in [0.1, 0.15) is 5.15 Å². The van der Waals surface area contributed by atoms with E-state index in [1.807, 2.05) is 30.3 Å². The Kier molecular flexibility index (Phi) is 1.66. The van der Waals surface area contributed by atoms with E-state index < -0.39 is 0 Å². The highest BCUT2D eigenvalue weighted by Gasteiger charge is 2.01. The lowest BCUT2D eigenvalue weighted by Gasteiger charge is -1.91. The topological polar surface area (TPSA) is 4.93 Å². The Morgan fingerprint density at radius 3 is 2.73 bits per heavy atom. The normalized spacial score (nSPS) is 10.7. The van der Waals surface area contributed by atoms with Gasteiger partial charge in [0.05, 0.1) is 21.7 Å². The van der Waals surface area contributed by atoms with Gasteiger partial charge < -0.3 is 0 Å². The lowest BCUT2D eigenvalue weighted by atomic mass is 10.3. The number of rotatable bonds is 0. The van der Waals surface area contributed by atoms with Crippen LogP contribution in [0.2, 0.25) is 5.15 Å². The fraction of sp³-hybridized carbons (Fsp3) is 0. The van der Waals surface area contributed by atoms with Gasteiger partial charge in [-0.05, 0) is 12.1 Å². The van der Waals surface area contributed by atoms with Crippen LogP contribution in [0.4, 0.5) is 0 Å². The van der Waals surface area contributed by atoms with Crippen LogP contribution in [0.3, 0.4) is 0 Å². The van der Waals surface area contributed by atoms with Gasteiger partial charge in [0, 0.05) is 5.39 Å². The first-order chi connectivity index (χ1) is 5.29. The first-order valence-corrected chi connectivity index (χ1v) is 4.30. The van der Waals surface area contributed by atoms with E-state index in [2.05, 4.69) is 16.1 Å². The standard InChI is InChI=1S/C8H5BrClN/c9-11-7-4-2-1-3-6(7)5-8(11)10/h1-5H. The Balaban J connectivity index is 2.92. The van der Waals surface area contributed by atoms with Gasteiger partial charge in [-0.15, -0.1) is 0 Å². The lowest BCUT2D eigenvalue weighted by Crippen LogP contribution is -1.75. The third-order valence-corrected chi connectivity index (χ3v) is 2.86. The van der Waals surface area contributed by atoms with Crippen LogP contribution in [-0.4, -0.2) is 3.59 Å². The second-order valence-electron chi connectivity index (χ2n) is 2.31. The number of nitrogens with zero attached hydrogens (tertiary/aromatic N) is 1. The van der Waals surface area contributed by atoms with Gasteiger partial charge >= 0.3 is 0 Å². The summed E-state index contributed by atoms with van der Waals surface area (Å²) in [6.45, 7) is 0. The molecule has 1 nitrogen and oxygen atoms in total. The van der Waals surface area contributed by atoms with Crippen molar-refractivity contribution in [2.24, 2.45) is 0 Å². The fourth-order valence-electron chi connectivity index (χ4n) is 1.09. The van der Waals surface area contributed by atoms with Gasteiger partial charge in [-0.2, -0.15) is 0 Å². The summed E-state index contributed by atoms with van der Waals surface area (Å²) in [5.74, 6) is 0. The van der Waals surface area contributed by atoms with E-state index >= 15 is 0 Å². The third kappa shape index (κ3) is 1.06. The van der Waals surface area contributed by atoms with Crippen molar-refractivity contribution in [3.05, 3.63) is 35.5 Å². The molecule has 0 aliphatic carbocycles. The Hall–Kier alpha value is -0.470. The molecule has 0 atom stereocenters. The molecule has 1 heterocycles. The number of aromatic nitrogens is 1. The van der Waals surface area contributed by atoms with E-state index in [9.17, 15) is 0 Å². The minimum atomic E-state index is 0.700. The van der Waals surface area contributed by atoms with Gasteiger partial charge in [0.15, 0.2) is 0 Å². The van der Waals surface area contributed by atoms with Gasteiger partial charge in [0.25, 0.3) is 0 Å². The molecule has 0 aliphatic rings. The molecule has 0 bridgehead atoms. The minimum absolute atomic E-state index is 0.700. The highest BCUT2D eigenvalue weighted by molar-refractivity contribution is 9.08. The van der Waals surface area contributed by atoms with Crippen LogP contribution in [0.15, 0.2) is 30.3 Å². The summed E-state index contributed by atoms with van der Waals surface area (Å²) in [7, 11) is 0. The van der Waals surface area contributed by atoms with E-state index in [-0.39, 0.29) is 0 Å². The average Bonchev–Trinajstić information content (AvgIpc) is 2.30. The molecule has 0 unspecified atom stereocenters. The average molecular weight is 230 g/mol. The second kappa shape index (κ2) is 2.54. The molecule has 0 fully saturated rings. The lowest BCUT2D eigenvalue weighted by molar-refractivity contribution is 1.39. The number of fused-ring (bicyclic) bond motifs is 1. The smallest absolute Gasteiger partial charge is 0.120 e. The number of para-hydroxylation sites is 1. The molecule has 11 heavy (non-hydrogen) atoms. The van der Waals surface area contributed by atoms with Crippen molar-refractivity contribution in [3.63, 3.8) is 0 Å². The minimum Gasteiger partial charge on any atom is -0.266 e. The van der Waals surface area contributed by atoms with Crippen LogP contribution in [0, 0.1) is 0 Å². The maximum atomic E-state index is 5.87. The molecule has 1 aromatic heterocycles. The molecule has 0 radical (unpaired) electrons. The van der Waals surface area contributed by atoms with Crippen molar-refractivity contribution >= 4 is 38.7 Å². The molecule has 0 saturated carbocycles. The Morgan fingerprint density at radius 2 is 2.00 bits per heavy atom. The van der Waals surface area contributed by atoms with E-state index in [0.717, 1.165) is 10.9 Å². The fourth-order valence-corrected chi connectivity index (χ4v) is 1.72. The zero-order chi connectivity index (χ0) is 7.84. The van der Waals surface area contributed by atoms with Crippen LogP contribution < -0.4 is 0 Å². The van der Waals surface area contributed by atoms with E-state index in [1.165, 1.54) is 0 Å². The van der Waals surface area contributed by atoms with Crippen molar-refractivity contribution in [2.45, 2.75) is 0 Å². The highest BCUT2D eigenvalue weighted by atomic mass is 79.9. The number of hydrogen-bond acceptors (Lipinski definition) is 0. The summed E-state index contributed by atoms with van der Waals surface area (Å²) in [5, 5.41) is 1.85. The van der Waals surface area contributed by atoms with E-state index in [1.54, 1.807) is 3.59 Å². The summed E-state index contributed by atoms with van der Waals surface area (Å²) in [4.78, 5) is 0. The molecule has 2 rings (SSSR count). The number of benzene rings is 1. The van der Waals surface area contributed by atoms with Crippen molar-refractivity contribution in [1.29, 1.82) is 0 Å². The van der Waals surface area contributed by atoms with Crippen molar-refractivity contribution < 1.29 is 0 Å². The predicted octanol–water partition coefficient (Wildman–Crippen LogP) is 3.45. The summed E-state index contributed by atoms with van der Waals surface area (Å²) in [6.07, 6.45) is 0. The molecule has 0 spiro atoms. The molecule has 0 saturated heterocycles. The molecule has 1 aromatic carbocycles. The summed E-state index contributed by atoms with van der Waals surface area (Å²) in [6, 6.07) is 9.93. The van der Waals surface area contributed by atoms with Crippen LogP contribution in [0.5, 0.6) is 0 Å². The van der Waals surface area contributed by atoms with Gasteiger partial charge in [0.2, 0.25) is 0 Å². The van der Waals surface area contributed by atoms with Crippen LogP contribution >= 0.6 is 27.7 Å². The second-order valence-corrected chi connectivity index (χ2v) is 3.40. The summed E-state index contributed by atoms with van der Waals surface area (Å²) in [5.41, 5.74) is 1.09. The highest BCUT2D eigenvalue weighted by Crippen LogP contribution is 2.24. The van der Waals surface area contributed by atoms with E-state index in [0.29, 0.717) is 5.15 Å². The van der Waals surface area contributed by atoms with Crippen molar-refractivity contribution in [2.75, 3.05) is 0 Å². The molecular weight excluding hydrogens is 225 g/mol. The zero-order valence-corrected chi connectivity index (χ0v) is 7.93. The van der Waals surface area contributed by atoms with Gasteiger partial charge in [-0.3, -0.25) is 3.59 Å². The maximum absolute atomic E-state index is 5.87. The molecule has 2 aromatic rings. The SMILES string of the molecule is Clc1cc2ccccc2n1Br. The Bertz CT molecular complexity index is 394. The zero-order valence-electron chi connectivity index (χ0n) is 5.59. The Labute approximate surface area is 77.9 Å². The maximum Gasteiger partial charge on any atom is 0.120 e. The quantitative estimate of drug-likeness (QED) is 0.653. The molecular formula is C8H5BrClN. The summed E-state index contributed by atoms with van der Waals surface area (Å²) >= 11 is 9.20. The monoisotopic (exact) mass is 229 g/mol. The third-order valence-electron chi connectivity index (χ3n) is 1.61. The molecule has 56 valence electrons. The summed E-state index contributed by atoms with van der Waals surface area (Å²) < 4.78 is 1.78. The Morgan fingerprint density at radius 1 is 1.27 bits per heavy atom. The largest absolute Gasteiger partial charge is 0.266 e. The first-order valence-electron chi connectivity index (χ1n) is 3.21. The molecule has 0 N–H and O–H groups in total. The number of hydrogen-bond donors (Lipinski definition) is 0. The molecule has 0 aliphatic heterocycles. The van der Waals surface area contributed by atoms with Gasteiger partial charge in [-0.1, -0.05) is 29.8 Å². The predicted molar refractivity (Wildman–Crippen MR) is 51.3 cm³/mol. The molecule has 0 amide bonds.